The molecule has 1 saturated heterocycles. The first kappa shape index (κ1) is 27.5. The Morgan fingerprint density at radius 3 is 2.60 bits per heavy atom. The number of methoxy groups -OCH3 is 1. The molecule has 2 unspecified atom stereocenters. The molecule has 2 aliphatic heterocycles. The fourth-order valence-corrected chi connectivity index (χ4v) is 10.2. The Hall–Kier alpha value is -2.62. The largest absolute Gasteiger partial charge is 0.493 e. The molecule has 216 valence electrons. The Balaban J connectivity index is 1.53. The summed E-state index contributed by atoms with van der Waals surface area (Å²) in [6.45, 7) is 6.77. The summed E-state index contributed by atoms with van der Waals surface area (Å²) in [6, 6.07) is 13.0. The second kappa shape index (κ2) is 9.74. The van der Waals surface area contributed by atoms with Crippen molar-refractivity contribution in [2.45, 2.75) is 81.4 Å². The normalized spacial score (nSPS) is 30.6. The van der Waals surface area contributed by atoms with E-state index in [-0.39, 0.29) is 23.7 Å². The second-order valence-corrected chi connectivity index (χ2v) is 14.3. The minimum Gasteiger partial charge on any atom is -0.493 e. The number of rotatable bonds is 8. The van der Waals surface area contributed by atoms with Crippen LogP contribution in [0.4, 0.5) is 0 Å². The SMILES string of the molecule is COc1ccc2c3c1OC1C(N(CC(C)C)S(=O)(=O)Cc4ccccc4)CC[C@@]4(OC(C)=O)[C@@H](C2)N(C)CC[C@]314. The molecule has 0 radical (unpaired) electrons. The van der Waals surface area contributed by atoms with Gasteiger partial charge >= 0.3 is 5.97 Å². The molecule has 2 aliphatic carbocycles. The van der Waals surface area contributed by atoms with Crippen LogP contribution in [0.25, 0.3) is 0 Å². The van der Waals surface area contributed by atoms with Crippen LogP contribution in [-0.4, -0.2) is 74.6 Å². The van der Waals surface area contributed by atoms with Crippen molar-refractivity contribution < 1.29 is 27.4 Å². The number of benzene rings is 2. The number of hydrogen-bond acceptors (Lipinski definition) is 7. The van der Waals surface area contributed by atoms with Gasteiger partial charge in [0.05, 0.1) is 30.4 Å². The van der Waals surface area contributed by atoms with Crippen LogP contribution in [-0.2, 0) is 37.1 Å². The lowest BCUT2D eigenvalue weighted by molar-refractivity contribution is -0.219. The zero-order chi connectivity index (χ0) is 28.4. The van der Waals surface area contributed by atoms with Crippen LogP contribution in [0.3, 0.4) is 0 Å². The molecule has 8 nitrogen and oxygen atoms in total. The molecule has 2 aromatic carbocycles. The Kier molecular flexibility index (Phi) is 6.71. The summed E-state index contributed by atoms with van der Waals surface area (Å²) >= 11 is 0. The summed E-state index contributed by atoms with van der Waals surface area (Å²) in [7, 11) is 0.0327. The first-order valence-electron chi connectivity index (χ1n) is 14.3. The lowest BCUT2D eigenvalue weighted by Gasteiger charge is -2.65. The number of hydrogen-bond donors (Lipinski definition) is 0. The van der Waals surface area contributed by atoms with E-state index in [4.69, 9.17) is 14.2 Å². The zero-order valence-electron chi connectivity index (χ0n) is 24.1. The summed E-state index contributed by atoms with van der Waals surface area (Å²) in [6.07, 6.45) is 2.04. The van der Waals surface area contributed by atoms with E-state index in [1.165, 1.54) is 12.5 Å². The molecule has 2 fully saturated rings. The van der Waals surface area contributed by atoms with Gasteiger partial charge in [-0.1, -0.05) is 50.2 Å². The fourth-order valence-electron chi connectivity index (χ4n) is 8.29. The van der Waals surface area contributed by atoms with Gasteiger partial charge in [0, 0.05) is 19.0 Å². The zero-order valence-corrected chi connectivity index (χ0v) is 24.9. The standard InChI is InChI=1S/C31H40N2O6S/c1-20(2)18-33(40(35,36)19-22-9-7-6-8-10-22)24-13-14-31(39-21(3)34)26-17-23-11-12-25(37-5)28-27(23)30(31,29(24)38-28)15-16-32(26)4/h6-12,20,24,26,29H,13-19H2,1-5H3/t24?,26-,29?,30+,31-/m1/s1. The summed E-state index contributed by atoms with van der Waals surface area (Å²) in [5.74, 6) is 1.05. The van der Waals surface area contributed by atoms with Crippen molar-refractivity contribution in [1.82, 2.24) is 9.21 Å². The molecule has 0 aromatic heterocycles. The highest BCUT2D eigenvalue weighted by Crippen LogP contribution is 2.67. The van der Waals surface area contributed by atoms with Crippen LogP contribution in [0.5, 0.6) is 11.5 Å². The van der Waals surface area contributed by atoms with Crippen LogP contribution in [0, 0.1) is 5.92 Å². The molecule has 0 N–H and O–H groups in total. The average Bonchev–Trinajstić information content (AvgIpc) is 3.25. The number of carbonyl (C=O) groups is 1. The van der Waals surface area contributed by atoms with Crippen molar-refractivity contribution in [3.63, 3.8) is 0 Å². The van der Waals surface area contributed by atoms with E-state index in [0.29, 0.717) is 37.3 Å². The van der Waals surface area contributed by atoms with Crippen molar-refractivity contribution in [2.75, 3.05) is 27.2 Å². The number of likely N-dealkylation sites (tertiary alicyclic amines) is 1. The third-order valence-corrected chi connectivity index (χ3v) is 11.5. The number of esters is 1. The number of piperidine rings is 1. The van der Waals surface area contributed by atoms with Crippen LogP contribution in [0.1, 0.15) is 56.7 Å². The maximum Gasteiger partial charge on any atom is 0.303 e. The summed E-state index contributed by atoms with van der Waals surface area (Å²) < 4.78 is 49.3. The highest BCUT2D eigenvalue weighted by Gasteiger charge is 2.75. The lowest BCUT2D eigenvalue weighted by atomic mass is 9.48. The van der Waals surface area contributed by atoms with E-state index in [1.54, 1.807) is 11.4 Å². The topological polar surface area (TPSA) is 85.4 Å². The highest BCUT2D eigenvalue weighted by molar-refractivity contribution is 7.88. The molecule has 2 bridgehead atoms. The van der Waals surface area contributed by atoms with Gasteiger partial charge in [0.25, 0.3) is 0 Å². The third kappa shape index (κ3) is 3.91. The number of likely N-dealkylation sites (N-methyl/N-ethyl adjacent to an activating group) is 1. The van der Waals surface area contributed by atoms with E-state index in [0.717, 1.165) is 24.1 Å². The van der Waals surface area contributed by atoms with Gasteiger partial charge in [-0.3, -0.25) is 9.69 Å². The summed E-state index contributed by atoms with van der Waals surface area (Å²) in [5.41, 5.74) is 1.49. The van der Waals surface area contributed by atoms with Crippen molar-refractivity contribution in [1.29, 1.82) is 0 Å². The average molecular weight is 569 g/mol. The Bertz CT molecular complexity index is 1410. The molecule has 2 aromatic rings. The van der Waals surface area contributed by atoms with E-state index in [2.05, 4.69) is 18.0 Å². The van der Waals surface area contributed by atoms with Crippen LogP contribution in [0.15, 0.2) is 42.5 Å². The quantitative estimate of drug-likeness (QED) is 0.447. The molecule has 6 rings (SSSR count). The molecule has 1 spiro atoms. The Morgan fingerprint density at radius 2 is 1.93 bits per heavy atom. The van der Waals surface area contributed by atoms with Gasteiger partial charge in [-0.05, 0) is 62.4 Å². The van der Waals surface area contributed by atoms with Crippen LogP contribution in [0.2, 0.25) is 0 Å². The minimum absolute atomic E-state index is 0.0245. The van der Waals surface area contributed by atoms with Gasteiger partial charge in [-0.15, -0.1) is 0 Å². The van der Waals surface area contributed by atoms with Crippen LogP contribution >= 0.6 is 0 Å². The third-order valence-electron chi connectivity index (χ3n) is 9.65. The van der Waals surface area contributed by atoms with Crippen LogP contribution < -0.4 is 9.47 Å². The molecular weight excluding hydrogens is 528 g/mol. The number of nitrogens with zero attached hydrogens (tertiary/aromatic N) is 2. The van der Waals surface area contributed by atoms with Gasteiger partial charge < -0.3 is 14.2 Å². The molecule has 0 amide bonds. The van der Waals surface area contributed by atoms with Crippen molar-refractivity contribution in [3.8, 4) is 11.5 Å². The van der Waals surface area contributed by atoms with E-state index in [9.17, 15) is 13.2 Å². The fraction of sp³-hybridized carbons (Fsp3) is 0.581. The predicted molar refractivity (Wildman–Crippen MR) is 152 cm³/mol. The maximum absolute atomic E-state index is 14.2. The van der Waals surface area contributed by atoms with E-state index < -0.39 is 33.2 Å². The maximum atomic E-state index is 14.2. The highest BCUT2D eigenvalue weighted by atomic mass is 32.2. The monoisotopic (exact) mass is 568 g/mol. The molecule has 40 heavy (non-hydrogen) atoms. The van der Waals surface area contributed by atoms with Gasteiger partial charge in [-0.2, -0.15) is 4.31 Å². The molecule has 1 saturated carbocycles. The molecule has 5 atom stereocenters. The summed E-state index contributed by atoms with van der Waals surface area (Å²) in [5, 5.41) is 0. The lowest BCUT2D eigenvalue weighted by Crippen LogP contribution is -2.79. The Morgan fingerprint density at radius 1 is 1.18 bits per heavy atom. The Labute approximate surface area is 237 Å². The van der Waals surface area contributed by atoms with Gasteiger partial charge in [0.1, 0.15) is 11.7 Å². The first-order chi connectivity index (χ1) is 19.0. The summed E-state index contributed by atoms with van der Waals surface area (Å²) in [4.78, 5) is 15.1. The van der Waals surface area contributed by atoms with Crippen molar-refractivity contribution >= 4 is 16.0 Å². The van der Waals surface area contributed by atoms with Gasteiger partial charge in [0.15, 0.2) is 11.5 Å². The molecular formula is C31H40N2O6S. The molecule has 2 heterocycles. The van der Waals surface area contributed by atoms with Gasteiger partial charge in [0.2, 0.25) is 10.0 Å². The van der Waals surface area contributed by atoms with E-state index >= 15 is 0 Å². The smallest absolute Gasteiger partial charge is 0.303 e. The second-order valence-electron chi connectivity index (χ2n) is 12.4. The molecule has 9 heteroatoms. The number of ether oxygens (including phenoxy) is 3. The van der Waals surface area contributed by atoms with E-state index in [1.807, 2.05) is 50.2 Å². The van der Waals surface area contributed by atoms with Crippen molar-refractivity contribution in [2.24, 2.45) is 5.92 Å². The first-order valence-corrected chi connectivity index (χ1v) is 16.0. The minimum atomic E-state index is -3.70. The predicted octanol–water partition coefficient (Wildman–Crippen LogP) is 3.91. The molecule has 4 aliphatic rings. The number of carbonyl (C=O) groups excluding carboxylic acids is 1. The number of sulfonamides is 1. The van der Waals surface area contributed by atoms with Crippen molar-refractivity contribution in [3.05, 3.63) is 59.2 Å². The van der Waals surface area contributed by atoms with Gasteiger partial charge in [-0.25, -0.2) is 8.42 Å².